The molecule has 0 aliphatic rings. The molecule has 2 aromatic carbocycles. The van der Waals surface area contributed by atoms with Gasteiger partial charge in [0.25, 0.3) is 0 Å². The van der Waals surface area contributed by atoms with Crippen LogP contribution < -0.4 is 14.8 Å². The van der Waals surface area contributed by atoms with E-state index < -0.39 is 0 Å². The second-order valence-electron chi connectivity index (χ2n) is 5.73. The number of ether oxygens (including phenoxy) is 3. The van der Waals surface area contributed by atoms with E-state index in [1.165, 1.54) is 6.07 Å². The summed E-state index contributed by atoms with van der Waals surface area (Å²) in [6, 6.07) is 10.4. The molecule has 0 saturated heterocycles. The maximum Gasteiger partial charge on any atom is 0.162 e. The summed E-state index contributed by atoms with van der Waals surface area (Å²) >= 11 is 3.58. The number of halogens is 2. The third kappa shape index (κ3) is 6.27. The average Bonchev–Trinajstić information content (AvgIpc) is 2.63. The van der Waals surface area contributed by atoms with E-state index in [0.29, 0.717) is 30.2 Å². The quantitative estimate of drug-likeness (QED) is 0.530. The van der Waals surface area contributed by atoms with Crippen LogP contribution in [0.3, 0.4) is 0 Å². The van der Waals surface area contributed by atoms with E-state index in [1.54, 1.807) is 25.3 Å². The van der Waals surface area contributed by atoms with Gasteiger partial charge in [0.05, 0.1) is 6.61 Å². The van der Waals surface area contributed by atoms with Gasteiger partial charge in [-0.25, -0.2) is 4.39 Å². The molecule has 0 amide bonds. The Labute approximate surface area is 162 Å². The Balaban J connectivity index is 2.06. The van der Waals surface area contributed by atoms with Crippen LogP contribution in [0.5, 0.6) is 11.5 Å². The van der Waals surface area contributed by atoms with Crippen LogP contribution in [0.15, 0.2) is 40.9 Å². The maximum atomic E-state index is 13.8. The van der Waals surface area contributed by atoms with Gasteiger partial charge in [0, 0.05) is 30.3 Å². The van der Waals surface area contributed by atoms with Crippen molar-refractivity contribution in [3.05, 3.63) is 57.8 Å². The molecule has 0 bridgehead atoms. The van der Waals surface area contributed by atoms with Crippen LogP contribution in [0, 0.1) is 5.82 Å². The van der Waals surface area contributed by atoms with Gasteiger partial charge in [0.2, 0.25) is 0 Å². The summed E-state index contributed by atoms with van der Waals surface area (Å²) in [4.78, 5) is 0. The normalized spacial score (nSPS) is 10.8. The zero-order valence-corrected chi connectivity index (χ0v) is 16.8. The first-order valence-corrected chi connectivity index (χ1v) is 9.46. The van der Waals surface area contributed by atoms with Crippen molar-refractivity contribution in [2.24, 2.45) is 0 Å². The van der Waals surface area contributed by atoms with Crippen LogP contribution in [-0.4, -0.2) is 26.9 Å². The molecular weight excluding hydrogens is 401 g/mol. The summed E-state index contributed by atoms with van der Waals surface area (Å²) in [5.41, 5.74) is 1.58. The number of hydrogen-bond donors (Lipinski definition) is 1. The molecule has 0 aromatic heterocycles. The SMILES string of the molecule is CCOc1cc(CNCCCOC)c(Br)cc1OCc1ccccc1F. The summed E-state index contributed by atoms with van der Waals surface area (Å²) in [6.07, 6.45) is 0.955. The zero-order valence-electron chi connectivity index (χ0n) is 15.2. The van der Waals surface area contributed by atoms with E-state index in [1.807, 2.05) is 19.1 Å². The first-order chi connectivity index (χ1) is 12.7. The maximum absolute atomic E-state index is 13.8. The Morgan fingerprint density at radius 2 is 1.85 bits per heavy atom. The molecular formula is C20H25BrFNO3. The number of nitrogens with one attached hydrogen (secondary N) is 1. The van der Waals surface area contributed by atoms with Gasteiger partial charge in [-0.05, 0) is 43.7 Å². The largest absolute Gasteiger partial charge is 0.490 e. The fourth-order valence-electron chi connectivity index (χ4n) is 2.43. The van der Waals surface area contributed by atoms with Gasteiger partial charge in [-0.3, -0.25) is 0 Å². The molecule has 0 heterocycles. The fourth-order valence-corrected chi connectivity index (χ4v) is 2.89. The van der Waals surface area contributed by atoms with E-state index in [0.717, 1.165) is 29.6 Å². The molecule has 1 N–H and O–H groups in total. The van der Waals surface area contributed by atoms with Gasteiger partial charge in [-0.2, -0.15) is 0 Å². The smallest absolute Gasteiger partial charge is 0.162 e. The lowest BCUT2D eigenvalue weighted by Crippen LogP contribution is -2.16. The molecule has 0 radical (unpaired) electrons. The summed E-state index contributed by atoms with van der Waals surface area (Å²) in [5.74, 6) is 0.965. The molecule has 0 unspecified atom stereocenters. The van der Waals surface area contributed by atoms with Gasteiger partial charge in [0.1, 0.15) is 12.4 Å². The van der Waals surface area contributed by atoms with Crippen LogP contribution in [0.2, 0.25) is 0 Å². The minimum absolute atomic E-state index is 0.147. The first kappa shape index (κ1) is 20.7. The summed E-state index contributed by atoms with van der Waals surface area (Å²) in [6.45, 7) is 4.91. The van der Waals surface area contributed by atoms with Crippen molar-refractivity contribution >= 4 is 15.9 Å². The van der Waals surface area contributed by atoms with E-state index in [4.69, 9.17) is 14.2 Å². The Bertz CT molecular complexity index is 697. The molecule has 0 fully saturated rings. The highest BCUT2D eigenvalue weighted by Crippen LogP contribution is 2.34. The highest BCUT2D eigenvalue weighted by Gasteiger charge is 2.12. The van der Waals surface area contributed by atoms with E-state index in [-0.39, 0.29) is 12.4 Å². The van der Waals surface area contributed by atoms with Crippen molar-refractivity contribution in [1.29, 1.82) is 0 Å². The standard InChI is InChI=1S/C20H25BrFNO3/c1-3-25-19-11-16(13-23-9-6-10-24-2)17(21)12-20(19)26-14-15-7-4-5-8-18(15)22/h4-5,7-8,11-12,23H,3,6,9-10,13-14H2,1-2H3. The van der Waals surface area contributed by atoms with Crippen molar-refractivity contribution < 1.29 is 18.6 Å². The molecule has 4 nitrogen and oxygen atoms in total. The number of methoxy groups -OCH3 is 1. The van der Waals surface area contributed by atoms with Crippen molar-refractivity contribution in [2.75, 3.05) is 26.9 Å². The molecule has 0 aliphatic heterocycles. The second kappa shape index (κ2) is 11.2. The van der Waals surface area contributed by atoms with Crippen LogP contribution in [0.25, 0.3) is 0 Å². The highest BCUT2D eigenvalue weighted by molar-refractivity contribution is 9.10. The van der Waals surface area contributed by atoms with Crippen LogP contribution >= 0.6 is 15.9 Å². The van der Waals surface area contributed by atoms with E-state index >= 15 is 0 Å². The fraction of sp³-hybridized carbons (Fsp3) is 0.400. The third-order valence-electron chi connectivity index (χ3n) is 3.77. The molecule has 142 valence electrons. The van der Waals surface area contributed by atoms with E-state index in [2.05, 4.69) is 21.2 Å². The zero-order chi connectivity index (χ0) is 18.8. The summed E-state index contributed by atoms with van der Waals surface area (Å²) in [7, 11) is 1.70. The molecule has 0 spiro atoms. The first-order valence-electron chi connectivity index (χ1n) is 8.66. The predicted octanol–water partition coefficient (Wildman–Crippen LogP) is 4.69. The Kier molecular flexibility index (Phi) is 8.88. The van der Waals surface area contributed by atoms with Crippen molar-refractivity contribution in [3.63, 3.8) is 0 Å². The van der Waals surface area contributed by atoms with Crippen molar-refractivity contribution in [3.8, 4) is 11.5 Å². The molecule has 0 saturated carbocycles. The molecule has 2 rings (SSSR count). The van der Waals surface area contributed by atoms with Crippen LogP contribution in [0.4, 0.5) is 4.39 Å². The summed E-state index contributed by atoms with van der Waals surface area (Å²) in [5, 5.41) is 3.38. The van der Waals surface area contributed by atoms with Gasteiger partial charge in [-0.1, -0.05) is 34.1 Å². The van der Waals surface area contributed by atoms with Gasteiger partial charge in [0.15, 0.2) is 11.5 Å². The number of benzene rings is 2. The minimum Gasteiger partial charge on any atom is -0.490 e. The highest BCUT2D eigenvalue weighted by atomic mass is 79.9. The van der Waals surface area contributed by atoms with Gasteiger partial charge >= 0.3 is 0 Å². The minimum atomic E-state index is -0.276. The molecule has 26 heavy (non-hydrogen) atoms. The second-order valence-corrected chi connectivity index (χ2v) is 6.58. The predicted molar refractivity (Wildman–Crippen MR) is 104 cm³/mol. The Hall–Kier alpha value is -1.63. The molecule has 6 heteroatoms. The molecule has 0 aliphatic carbocycles. The Morgan fingerprint density at radius 3 is 2.58 bits per heavy atom. The lowest BCUT2D eigenvalue weighted by Gasteiger charge is -2.16. The number of rotatable bonds is 11. The average molecular weight is 426 g/mol. The Morgan fingerprint density at radius 1 is 1.08 bits per heavy atom. The number of hydrogen-bond acceptors (Lipinski definition) is 4. The third-order valence-corrected chi connectivity index (χ3v) is 4.51. The van der Waals surface area contributed by atoms with Crippen molar-refractivity contribution in [1.82, 2.24) is 5.32 Å². The van der Waals surface area contributed by atoms with Crippen LogP contribution in [0.1, 0.15) is 24.5 Å². The lowest BCUT2D eigenvalue weighted by molar-refractivity contribution is 0.194. The molecule has 2 aromatic rings. The topological polar surface area (TPSA) is 39.7 Å². The summed E-state index contributed by atoms with van der Waals surface area (Å²) < 4.78 is 31.3. The van der Waals surface area contributed by atoms with Gasteiger partial charge < -0.3 is 19.5 Å². The lowest BCUT2D eigenvalue weighted by atomic mass is 10.2. The molecule has 0 atom stereocenters. The van der Waals surface area contributed by atoms with Crippen LogP contribution in [-0.2, 0) is 17.9 Å². The van der Waals surface area contributed by atoms with E-state index in [9.17, 15) is 4.39 Å². The van der Waals surface area contributed by atoms with Gasteiger partial charge in [-0.15, -0.1) is 0 Å². The monoisotopic (exact) mass is 425 g/mol. The van der Waals surface area contributed by atoms with Crippen molar-refractivity contribution in [2.45, 2.75) is 26.5 Å².